The highest BCUT2D eigenvalue weighted by Gasteiger charge is 2.31. The van der Waals surface area contributed by atoms with Crippen LogP contribution in [0.15, 0.2) is 24.3 Å². The van der Waals surface area contributed by atoms with E-state index in [1.54, 1.807) is 12.0 Å². The van der Waals surface area contributed by atoms with Crippen molar-refractivity contribution in [1.29, 1.82) is 0 Å². The molecule has 0 aromatic heterocycles. The number of likely N-dealkylation sites (tertiary alicyclic amines) is 1. The number of piperazine rings is 1. The number of para-hydroxylation sites is 1. The second kappa shape index (κ2) is 9.06. The zero-order chi connectivity index (χ0) is 16.9. The molecule has 7 heteroatoms. The summed E-state index contributed by atoms with van der Waals surface area (Å²) in [6.07, 6.45) is 2.47. The molecule has 0 aliphatic carbocycles. The van der Waals surface area contributed by atoms with Crippen LogP contribution in [0.1, 0.15) is 30.9 Å². The summed E-state index contributed by atoms with van der Waals surface area (Å²) in [5.74, 6) is 0.902. The van der Waals surface area contributed by atoms with Gasteiger partial charge >= 0.3 is 0 Å². The van der Waals surface area contributed by atoms with Crippen molar-refractivity contribution in [2.45, 2.75) is 25.3 Å². The number of rotatable bonds is 4. The first-order valence-corrected chi connectivity index (χ1v) is 8.61. The summed E-state index contributed by atoms with van der Waals surface area (Å²) in [6.45, 7) is 2.98. The third kappa shape index (κ3) is 4.44. The van der Waals surface area contributed by atoms with E-state index >= 15 is 0 Å². The van der Waals surface area contributed by atoms with Crippen molar-refractivity contribution in [1.82, 2.24) is 15.1 Å². The molecule has 2 aliphatic heterocycles. The van der Waals surface area contributed by atoms with Crippen LogP contribution in [0.5, 0.6) is 5.75 Å². The topological polar surface area (TPSA) is 61.9 Å². The van der Waals surface area contributed by atoms with Gasteiger partial charge in [-0.1, -0.05) is 18.2 Å². The molecule has 0 bridgehead atoms. The zero-order valence-corrected chi connectivity index (χ0v) is 15.4. The van der Waals surface area contributed by atoms with Crippen molar-refractivity contribution in [3.63, 3.8) is 0 Å². The fourth-order valence-electron chi connectivity index (χ4n) is 3.51. The minimum Gasteiger partial charge on any atom is -0.496 e. The Morgan fingerprint density at radius 1 is 1.28 bits per heavy atom. The van der Waals surface area contributed by atoms with Gasteiger partial charge in [0.25, 0.3) is 0 Å². The van der Waals surface area contributed by atoms with Crippen molar-refractivity contribution in [3.8, 4) is 5.75 Å². The van der Waals surface area contributed by atoms with Gasteiger partial charge in [0, 0.05) is 38.2 Å². The average molecular weight is 368 g/mol. The van der Waals surface area contributed by atoms with Gasteiger partial charge in [0.2, 0.25) is 11.8 Å². The number of nitrogens with one attached hydrogen (secondary N) is 1. The molecule has 2 heterocycles. The number of piperidine rings is 1. The quantitative estimate of drug-likeness (QED) is 0.878. The molecule has 1 unspecified atom stereocenters. The highest BCUT2D eigenvalue weighted by Crippen LogP contribution is 2.30. The number of methoxy groups -OCH3 is 1. The lowest BCUT2D eigenvalue weighted by molar-refractivity contribution is -0.143. The molecule has 2 fully saturated rings. The Hall–Kier alpha value is -1.79. The van der Waals surface area contributed by atoms with Crippen LogP contribution in [0.2, 0.25) is 0 Å². The summed E-state index contributed by atoms with van der Waals surface area (Å²) in [5, 5.41) is 3.35. The fraction of sp³-hybridized carbons (Fsp3) is 0.556. The number of benzene rings is 1. The summed E-state index contributed by atoms with van der Waals surface area (Å²) in [5.41, 5.74) is 1.01. The molecule has 0 spiro atoms. The average Bonchev–Trinajstić information content (AvgIpc) is 2.63. The van der Waals surface area contributed by atoms with E-state index in [1.807, 2.05) is 29.2 Å². The van der Waals surface area contributed by atoms with Crippen LogP contribution in [-0.4, -0.2) is 61.4 Å². The molecule has 0 radical (unpaired) electrons. The molecule has 1 aromatic carbocycles. The van der Waals surface area contributed by atoms with Crippen LogP contribution in [0.25, 0.3) is 0 Å². The summed E-state index contributed by atoms with van der Waals surface area (Å²) >= 11 is 0. The van der Waals surface area contributed by atoms with E-state index in [-0.39, 0.29) is 36.8 Å². The van der Waals surface area contributed by atoms with Crippen molar-refractivity contribution >= 4 is 24.2 Å². The Bertz CT molecular complexity index is 611. The second-order valence-electron chi connectivity index (χ2n) is 6.32. The van der Waals surface area contributed by atoms with Gasteiger partial charge in [0.05, 0.1) is 19.7 Å². The number of hydrogen-bond donors (Lipinski definition) is 1. The Balaban J connectivity index is 0.00000225. The highest BCUT2D eigenvalue weighted by atomic mass is 35.5. The van der Waals surface area contributed by atoms with Crippen LogP contribution in [0.4, 0.5) is 0 Å². The molecule has 2 saturated heterocycles. The lowest BCUT2D eigenvalue weighted by Gasteiger charge is -2.38. The lowest BCUT2D eigenvalue weighted by Crippen LogP contribution is -2.52. The van der Waals surface area contributed by atoms with Gasteiger partial charge in [-0.15, -0.1) is 12.4 Å². The Morgan fingerprint density at radius 3 is 2.84 bits per heavy atom. The van der Waals surface area contributed by atoms with Crippen molar-refractivity contribution in [2.75, 3.05) is 39.8 Å². The Kier molecular flexibility index (Phi) is 7.08. The molecule has 0 saturated carbocycles. The summed E-state index contributed by atoms with van der Waals surface area (Å²) in [6, 6.07) is 7.74. The molecular weight excluding hydrogens is 342 g/mol. The van der Waals surface area contributed by atoms with E-state index in [0.717, 1.165) is 30.7 Å². The van der Waals surface area contributed by atoms with Gasteiger partial charge in [-0.3, -0.25) is 9.59 Å². The first-order chi connectivity index (χ1) is 11.7. The first kappa shape index (κ1) is 19.5. The van der Waals surface area contributed by atoms with Crippen molar-refractivity contribution < 1.29 is 14.3 Å². The standard InChI is InChI=1S/C18H25N3O3.ClH/c1-24-16-7-3-2-6-14(16)15-12-19-9-11-21(15)18(23)13-20-10-5-4-8-17(20)22;/h2-3,6-7,15,19H,4-5,8-13H2,1H3;1H. The molecule has 3 rings (SSSR count). The largest absolute Gasteiger partial charge is 0.496 e. The van der Waals surface area contributed by atoms with Crippen LogP contribution < -0.4 is 10.1 Å². The third-order valence-electron chi connectivity index (χ3n) is 4.81. The number of nitrogens with zero attached hydrogens (tertiary/aromatic N) is 2. The van der Waals surface area contributed by atoms with Gasteiger partial charge in [0.1, 0.15) is 5.75 Å². The third-order valence-corrected chi connectivity index (χ3v) is 4.81. The molecule has 2 amide bonds. The summed E-state index contributed by atoms with van der Waals surface area (Å²) < 4.78 is 5.46. The van der Waals surface area contributed by atoms with E-state index in [0.29, 0.717) is 26.1 Å². The van der Waals surface area contributed by atoms with E-state index in [1.165, 1.54) is 0 Å². The number of carbonyl (C=O) groups excluding carboxylic acids is 2. The van der Waals surface area contributed by atoms with E-state index < -0.39 is 0 Å². The van der Waals surface area contributed by atoms with Crippen LogP contribution in [0.3, 0.4) is 0 Å². The molecule has 138 valence electrons. The van der Waals surface area contributed by atoms with Crippen LogP contribution in [0, 0.1) is 0 Å². The summed E-state index contributed by atoms with van der Waals surface area (Å²) in [4.78, 5) is 28.4. The monoisotopic (exact) mass is 367 g/mol. The number of hydrogen-bond acceptors (Lipinski definition) is 4. The fourth-order valence-corrected chi connectivity index (χ4v) is 3.51. The zero-order valence-electron chi connectivity index (χ0n) is 14.6. The second-order valence-corrected chi connectivity index (χ2v) is 6.32. The predicted octanol–water partition coefficient (Wildman–Crippen LogP) is 1.60. The molecular formula is C18H26ClN3O3. The summed E-state index contributed by atoms with van der Waals surface area (Å²) in [7, 11) is 1.65. The Morgan fingerprint density at radius 2 is 2.08 bits per heavy atom. The van der Waals surface area contributed by atoms with Crippen LogP contribution in [-0.2, 0) is 9.59 Å². The maximum absolute atomic E-state index is 12.9. The normalized spacial score (nSPS) is 20.8. The molecule has 25 heavy (non-hydrogen) atoms. The van der Waals surface area contributed by atoms with Gasteiger partial charge in [-0.05, 0) is 18.9 Å². The first-order valence-electron chi connectivity index (χ1n) is 8.61. The predicted molar refractivity (Wildman–Crippen MR) is 98.0 cm³/mol. The lowest BCUT2D eigenvalue weighted by atomic mass is 10.0. The van der Waals surface area contributed by atoms with Gasteiger partial charge in [-0.2, -0.15) is 0 Å². The van der Waals surface area contributed by atoms with Gasteiger partial charge < -0.3 is 19.9 Å². The molecule has 6 nitrogen and oxygen atoms in total. The van der Waals surface area contributed by atoms with Crippen molar-refractivity contribution in [3.05, 3.63) is 29.8 Å². The number of carbonyl (C=O) groups is 2. The van der Waals surface area contributed by atoms with E-state index in [9.17, 15) is 9.59 Å². The van der Waals surface area contributed by atoms with Crippen molar-refractivity contribution in [2.24, 2.45) is 0 Å². The number of ether oxygens (including phenoxy) is 1. The van der Waals surface area contributed by atoms with Gasteiger partial charge in [-0.25, -0.2) is 0 Å². The molecule has 1 aromatic rings. The highest BCUT2D eigenvalue weighted by molar-refractivity contribution is 5.86. The van der Waals surface area contributed by atoms with Crippen LogP contribution >= 0.6 is 12.4 Å². The minimum atomic E-state index is -0.0673. The maximum atomic E-state index is 12.9. The smallest absolute Gasteiger partial charge is 0.242 e. The Labute approximate surface area is 154 Å². The van der Waals surface area contributed by atoms with E-state index in [2.05, 4.69) is 5.32 Å². The molecule has 1 atom stereocenters. The number of amides is 2. The van der Waals surface area contributed by atoms with E-state index in [4.69, 9.17) is 4.74 Å². The molecule has 2 aliphatic rings. The SMILES string of the molecule is COc1ccccc1C1CNCCN1C(=O)CN1CCCCC1=O.Cl. The minimum absolute atomic E-state index is 0. The maximum Gasteiger partial charge on any atom is 0.242 e. The molecule has 1 N–H and O–H groups in total. The van der Waals surface area contributed by atoms with Gasteiger partial charge in [0.15, 0.2) is 0 Å². The number of halogens is 1.